The number of hydrogen-bond donors (Lipinski definition) is 2. The summed E-state index contributed by atoms with van der Waals surface area (Å²) in [4.78, 5) is 4.59. The van der Waals surface area contributed by atoms with Gasteiger partial charge in [0.2, 0.25) is 0 Å². The van der Waals surface area contributed by atoms with Gasteiger partial charge in [-0.25, -0.2) is 13.8 Å². The van der Waals surface area contributed by atoms with Crippen molar-refractivity contribution >= 4 is 5.96 Å². The highest BCUT2D eigenvalue weighted by Crippen LogP contribution is 2.31. The number of aliphatic imine (C=N–C) groups is 1. The third-order valence-electron chi connectivity index (χ3n) is 4.72. The van der Waals surface area contributed by atoms with E-state index < -0.39 is 5.54 Å². The largest absolute Gasteiger partial charge is 0.351 e. The van der Waals surface area contributed by atoms with Gasteiger partial charge in [0.15, 0.2) is 5.96 Å². The van der Waals surface area contributed by atoms with E-state index in [2.05, 4.69) is 29.1 Å². The quantitative estimate of drug-likeness (QED) is 0.786. The predicted molar refractivity (Wildman–Crippen MR) is 101 cm³/mol. The molecule has 1 fully saturated rings. The molecular weight excluding hydrogens is 332 g/mol. The summed E-state index contributed by atoms with van der Waals surface area (Å²) in [6.45, 7) is 8.51. The molecule has 0 spiro atoms. The van der Waals surface area contributed by atoms with Crippen molar-refractivity contribution in [2.45, 2.75) is 38.4 Å². The Hall–Kier alpha value is -2.69. The van der Waals surface area contributed by atoms with Crippen LogP contribution in [0.25, 0.3) is 0 Å². The molecular formula is C21H23F2N3. The van der Waals surface area contributed by atoms with Crippen LogP contribution in [0, 0.1) is 11.6 Å². The highest BCUT2D eigenvalue weighted by molar-refractivity contribution is 5.84. The van der Waals surface area contributed by atoms with Crippen molar-refractivity contribution in [3.05, 3.63) is 83.4 Å². The standard InChI is InChI=1S/C21H23F2N3/c1-14(2)12-19-21(3,16-6-10-18(23)11-7-16)26-20(25-19)24-13-15-4-8-17(22)9-5-15/h4-11,19H,1,12-13H2,2-3H3,(H2,24,25,26)/t19?,21-/m0/s1. The fraction of sp³-hybridized carbons (Fsp3) is 0.286. The normalized spacial score (nSPS) is 23.5. The van der Waals surface area contributed by atoms with Crippen molar-refractivity contribution in [1.82, 2.24) is 10.6 Å². The number of hydrogen-bond acceptors (Lipinski definition) is 1. The Morgan fingerprint density at radius 1 is 1.08 bits per heavy atom. The molecule has 2 N–H and O–H groups in total. The Morgan fingerprint density at radius 2 is 1.65 bits per heavy atom. The highest BCUT2D eigenvalue weighted by Gasteiger charge is 2.42. The lowest BCUT2D eigenvalue weighted by atomic mass is 9.83. The molecule has 0 radical (unpaired) electrons. The van der Waals surface area contributed by atoms with Gasteiger partial charge in [0.05, 0.1) is 18.1 Å². The van der Waals surface area contributed by atoms with Crippen LogP contribution in [0.15, 0.2) is 65.7 Å². The summed E-state index contributed by atoms with van der Waals surface area (Å²) in [5.41, 5.74) is 2.52. The summed E-state index contributed by atoms with van der Waals surface area (Å²) < 4.78 is 26.3. The number of rotatable bonds is 5. The molecule has 0 amide bonds. The molecule has 26 heavy (non-hydrogen) atoms. The Bertz CT molecular complexity index is 812. The first-order valence-electron chi connectivity index (χ1n) is 8.61. The number of benzene rings is 2. The average Bonchev–Trinajstić information content (AvgIpc) is 2.91. The zero-order valence-electron chi connectivity index (χ0n) is 15.0. The van der Waals surface area contributed by atoms with E-state index in [0.29, 0.717) is 12.5 Å². The van der Waals surface area contributed by atoms with Gasteiger partial charge in [-0.2, -0.15) is 0 Å². The molecule has 5 heteroatoms. The first-order chi connectivity index (χ1) is 12.4. The number of guanidine groups is 1. The van der Waals surface area contributed by atoms with E-state index >= 15 is 0 Å². The van der Waals surface area contributed by atoms with Crippen LogP contribution >= 0.6 is 0 Å². The van der Waals surface area contributed by atoms with Crippen LogP contribution in [0.3, 0.4) is 0 Å². The monoisotopic (exact) mass is 355 g/mol. The van der Waals surface area contributed by atoms with Gasteiger partial charge in [0, 0.05) is 0 Å². The summed E-state index contributed by atoms with van der Waals surface area (Å²) in [6.07, 6.45) is 0.760. The summed E-state index contributed by atoms with van der Waals surface area (Å²) >= 11 is 0. The molecule has 0 bridgehead atoms. The lowest BCUT2D eigenvalue weighted by Crippen LogP contribution is -2.44. The van der Waals surface area contributed by atoms with Gasteiger partial charge >= 0.3 is 0 Å². The molecule has 1 saturated heterocycles. The Labute approximate surface area is 152 Å². The lowest BCUT2D eigenvalue weighted by molar-refractivity contribution is 0.367. The van der Waals surface area contributed by atoms with Gasteiger partial charge in [0.25, 0.3) is 0 Å². The molecule has 1 aliphatic rings. The van der Waals surface area contributed by atoms with Gasteiger partial charge in [-0.15, -0.1) is 6.58 Å². The molecule has 2 aromatic rings. The van der Waals surface area contributed by atoms with E-state index in [1.54, 1.807) is 24.3 Å². The van der Waals surface area contributed by atoms with E-state index in [4.69, 9.17) is 0 Å². The maximum absolute atomic E-state index is 13.3. The smallest absolute Gasteiger partial charge is 0.192 e. The first-order valence-corrected chi connectivity index (χ1v) is 8.61. The molecule has 136 valence electrons. The van der Waals surface area contributed by atoms with E-state index in [-0.39, 0.29) is 17.7 Å². The zero-order chi connectivity index (χ0) is 18.7. The van der Waals surface area contributed by atoms with Crippen molar-refractivity contribution in [2.75, 3.05) is 0 Å². The van der Waals surface area contributed by atoms with Crippen LogP contribution in [-0.2, 0) is 12.1 Å². The summed E-state index contributed by atoms with van der Waals surface area (Å²) in [5.74, 6) is 0.154. The molecule has 1 heterocycles. The third kappa shape index (κ3) is 3.93. The van der Waals surface area contributed by atoms with Crippen LogP contribution in [0.1, 0.15) is 31.4 Å². The van der Waals surface area contributed by atoms with E-state index in [0.717, 1.165) is 23.1 Å². The van der Waals surface area contributed by atoms with Crippen LogP contribution in [0.4, 0.5) is 8.78 Å². The van der Waals surface area contributed by atoms with E-state index in [1.807, 2.05) is 6.92 Å². The molecule has 1 unspecified atom stereocenters. The van der Waals surface area contributed by atoms with E-state index in [1.165, 1.54) is 24.3 Å². The van der Waals surface area contributed by atoms with Gasteiger partial charge in [-0.3, -0.25) is 0 Å². The molecule has 3 rings (SSSR count). The van der Waals surface area contributed by atoms with Crippen LogP contribution < -0.4 is 10.6 Å². The summed E-state index contributed by atoms with van der Waals surface area (Å²) in [5, 5.41) is 6.86. The summed E-state index contributed by atoms with van der Waals surface area (Å²) in [7, 11) is 0. The van der Waals surface area contributed by atoms with Crippen molar-refractivity contribution in [1.29, 1.82) is 0 Å². The number of nitrogens with one attached hydrogen (secondary N) is 2. The summed E-state index contributed by atoms with van der Waals surface area (Å²) in [6, 6.07) is 12.8. The first kappa shape index (κ1) is 18.1. The van der Waals surface area contributed by atoms with Crippen molar-refractivity contribution in [3.63, 3.8) is 0 Å². The Balaban J connectivity index is 1.83. The molecule has 2 atom stereocenters. The maximum Gasteiger partial charge on any atom is 0.192 e. The fourth-order valence-electron chi connectivity index (χ4n) is 3.20. The molecule has 3 nitrogen and oxygen atoms in total. The van der Waals surface area contributed by atoms with E-state index in [9.17, 15) is 8.78 Å². The highest BCUT2D eigenvalue weighted by atomic mass is 19.1. The maximum atomic E-state index is 13.3. The van der Waals surface area contributed by atoms with Crippen molar-refractivity contribution < 1.29 is 8.78 Å². The van der Waals surface area contributed by atoms with Crippen molar-refractivity contribution in [3.8, 4) is 0 Å². The molecule has 2 aromatic carbocycles. The van der Waals surface area contributed by atoms with Crippen LogP contribution in [-0.4, -0.2) is 12.0 Å². The second-order valence-corrected chi connectivity index (χ2v) is 6.98. The van der Waals surface area contributed by atoms with Gasteiger partial charge in [0.1, 0.15) is 11.6 Å². The number of halogens is 2. The topological polar surface area (TPSA) is 36.4 Å². The lowest BCUT2D eigenvalue weighted by Gasteiger charge is -2.31. The zero-order valence-corrected chi connectivity index (χ0v) is 15.0. The molecule has 0 saturated carbocycles. The number of nitrogens with zero attached hydrogens (tertiary/aromatic N) is 1. The van der Waals surface area contributed by atoms with Crippen molar-refractivity contribution in [2.24, 2.45) is 4.99 Å². The van der Waals surface area contributed by atoms with Crippen LogP contribution in [0.5, 0.6) is 0 Å². The second-order valence-electron chi connectivity index (χ2n) is 6.98. The third-order valence-corrected chi connectivity index (χ3v) is 4.72. The second kappa shape index (κ2) is 7.28. The minimum atomic E-state index is -0.436. The fourth-order valence-corrected chi connectivity index (χ4v) is 3.20. The average molecular weight is 355 g/mol. The predicted octanol–water partition coefficient (Wildman–Crippen LogP) is 4.26. The van der Waals surface area contributed by atoms with Crippen LogP contribution in [0.2, 0.25) is 0 Å². The Morgan fingerprint density at radius 3 is 2.23 bits per heavy atom. The SMILES string of the molecule is C=C(C)CC1NC(=NCc2ccc(F)cc2)N[C@@]1(C)c1ccc(F)cc1. The molecule has 1 aliphatic heterocycles. The van der Waals surface area contributed by atoms with Gasteiger partial charge in [-0.05, 0) is 55.7 Å². The van der Waals surface area contributed by atoms with Gasteiger partial charge < -0.3 is 10.6 Å². The minimum absolute atomic E-state index is 0.0393. The Kier molecular flexibility index (Phi) is 5.07. The molecule has 0 aliphatic carbocycles. The minimum Gasteiger partial charge on any atom is -0.351 e. The van der Waals surface area contributed by atoms with Gasteiger partial charge in [-0.1, -0.05) is 29.8 Å². The molecule has 0 aromatic heterocycles.